The molecule has 1 unspecified atom stereocenters. The smallest absolute Gasteiger partial charge is 0.407 e. The second-order valence-electron chi connectivity index (χ2n) is 8.56. The lowest BCUT2D eigenvalue weighted by Crippen LogP contribution is -2.52. The van der Waals surface area contributed by atoms with Gasteiger partial charge in [0.1, 0.15) is 24.1 Å². The quantitative estimate of drug-likeness (QED) is 0.661. The molecule has 1 aliphatic carbocycles. The molecule has 10 heteroatoms. The Hall–Kier alpha value is -3.69. The number of fused-ring (bicyclic) bond motifs is 2. The van der Waals surface area contributed by atoms with Crippen LogP contribution in [0.2, 0.25) is 0 Å². The van der Waals surface area contributed by atoms with E-state index in [4.69, 9.17) is 9.26 Å². The fraction of sp³-hybridized carbons (Fsp3) is 0.435. The van der Waals surface area contributed by atoms with Crippen LogP contribution in [0, 0.1) is 0 Å². The zero-order valence-electron chi connectivity index (χ0n) is 18.0. The van der Waals surface area contributed by atoms with Crippen LogP contribution in [0.15, 0.2) is 22.7 Å². The molecule has 10 nitrogen and oxygen atoms in total. The van der Waals surface area contributed by atoms with Gasteiger partial charge in [0.25, 0.3) is 5.91 Å². The summed E-state index contributed by atoms with van der Waals surface area (Å²) in [4.78, 5) is 50.1. The predicted molar refractivity (Wildman–Crippen MR) is 113 cm³/mol. The number of carbonyl (C=O) groups is 4. The van der Waals surface area contributed by atoms with Crippen molar-refractivity contribution in [3.63, 3.8) is 0 Å². The molecule has 33 heavy (non-hydrogen) atoms. The lowest BCUT2D eigenvalue weighted by atomic mass is 9.97. The number of rotatable bonds is 5. The molecule has 2 aromatic rings. The first-order chi connectivity index (χ1) is 16.0. The van der Waals surface area contributed by atoms with Gasteiger partial charge in [-0.05, 0) is 42.9 Å². The molecule has 1 aromatic carbocycles. The van der Waals surface area contributed by atoms with Gasteiger partial charge in [0.05, 0.1) is 0 Å². The maximum absolute atomic E-state index is 12.9. The van der Waals surface area contributed by atoms with E-state index in [1.165, 1.54) is 4.90 Å². The molecule has 3 heterocycles. The van der Waals surface area contributed by atoms with E-state index in [-0.39, 0.29) is 31.4 Å². The molecule has 1 fully saturated rings. The number of aromatic nitrogens is 1. The Morgan fingerprint density at radius 2 is 2.06 bits per heavy atom. The number of piperidine rings is 1. The lowest BCUT2D eigenvalue weighted by molar-refractivity contribution is -0.136. The monoisotopic (exact) mass is 452 g/mol. The minimum Gasteiger partial charge on any atom is -0.443 e. The molecule has 0 saturated carbocycles. The van der Waals surface area contributed by atoms with Crippen molar-refractivity contribution in [3.05, 3.63) is 51.9 Å². The molecule has 0 radical (unpaired) electrons. The number of alkyl carbamates (subject to hydrolysis) is 1. The Kier molecular flexibility index (Phi) is 5.57. The van der Waals surface area contributed by atoms with Crippen molar-refractivity contribution in [3.8, 4) is 0 Å². The molecular weight excluding hydrogens is 428 g/mol. The van der Waals surface area contributed by atoms with E-state index >= 15 is 0 Å². The van der Waals surface area contributed by atoms with E-state index in [1.54, 1.807) is 6.07 Å². The predicted octanol–water partition coefficient (Wildman–Crippen LogP) is 1.74. The van der Waals surface area contributed by atoms with Crippen LogP contribution in [0.4, 0.5) is 4.79 Å². The summed E-state index contributed by atoms with van der Waals surface area (Å²) in [5.41, 5.74) is 3.76. The van der Waals surface area contributed by atoms with Gasteiger partial charge in [-0.25, -0.2) is 4.79 Å². The largest absolute Gasteiger partial charge is 0.443 e. The fourth-order valence-electron chi connectivity index (χ4n) is 4.63. The van der Waals surface area contributed by atoms with Crippen LogP contribution in [-0.2, 0) is 46.9 Å². The molecule has 4 amide bonds. The molecular formula is C23H24N4O6. The first-order valence-corrected chi connectivity index (χ1v) is 11.1. The molecule has 5 rings (SSSR count). The Morgan fingerprint density at radius 1 is 1.21 bits per heavy atom. The number of hydrogen-bond donors (Lipinski definition) is 2. The summed E-state index contributed by atoms with van der Waals surface area (Å²) < 4.78 is 10.6. The highest BCUT2D eigenvalue weighted by molar-refractivity contribution is 6.05. The fourth-order valence-corrected chi connectivity index (χ4v) is 4.63. The van der Waals surface area contributed by atoms with Gasteiger partial charge in [0.15, 0.2) is 0 Å². The van der Waals surface area contributed by atoms with E-state index in [9.17, 15) is 19.2 Å². The summed E-state index contributed by atoms with van der Waals surface area (Å²) >= 11 is 0. The highest BCUT2D eigenvalue weighted by Gasteiger charge is 2.39. The van der Waals surface area contributed by atoms with Gasteiger partial charge < -0.3 is 19.5 Å². The Labute approximate surface area is 189 Å². The molecule has 1 aromatic heterocycles. The second kappa shape index (κ2) is 8.68. The maximum Gasteiger partial charge on any atom is 0.407 e. The number of imide groups is 1. The van der Waals surface area contributed by atoms with Gasteiger partial charge in [-0.15, -0.1) is 0 Å². The minimum absolute atomic E-state index is 0.0499. The normalized spacial score (nSPS) is 19.7. The van der Waals surface area contributed by atoms with Crippen molar-refractivity contribution in [2.75, 3.05) is 0 Å². The number of nitrogens with one attached hydrogen (secondary N) is 2. The summed E-state index contributed by atoms with van der Waals surface area (Å²) in [7, 11) is 0. The average Bonchev–Trinajstić information content (AvgIpc) is 3.37. The summed E-state index contributed by atoms with van der Waals surface area (Å²) in [6.45, 7) is 0.557. The molecule has 2 aliphatic heterocycles. The standard InChI is InChI=1S/C23H24N4O6/c28-20-8-7-18(21(29)25-20)27-11-14-6-5-13(9-16(14)22(27)30)10-24-23(31)32-12-17-15-3-1-2-4-19(15)33-26-17/h5-6,9,18H,1-4,7-8,10-12H2,(H,24,31)(H,25,28,29). The van der Waals surface area contributed by atoms with Crippen molar-refractivity contribution in [2.45, 2.75) is 64.3 Å². The second-order valence-corrected chi connectivity index (χ2v) is 8.56. The number of carbonyl (C=O) groups excluding carboxylic acids is 4. The van der Waals surface area contributed by atoms with Crippen molar-refractivity contribution < 1.29 is 28.4 Å². The summed E-state index contributed by atoms with van der Waals surface area (Å²) in [5, 5.41) is 9.00. The van der Waals surface area contributed by atoms with Crippen molar-refractivity contribution in [2.24, 2.45) is 0 Å². The van der Waals surface area contributed by atoms with Gasteiger partial charge in [-0.2, -0.15) is 0 Å². The zero-order valence-corrected chi connectivity index (χ0v) is 18.0. The van der Waals surface area contributed by atoms with Crippen molar-refractivity contribution in [1.82, 2.24) is 20.7 Å². The van der Waals surface area contributed by atoms with Crippen LogP contribution in [-0.4, -0.2) is 39.9 Å². The molecule has 2 N–H and O–H groups in total. The number of benzene rings is 1. The maximum atomic E-state index is 12.9. The Morgan fingerprint density at radius 3 is 2.91 bits per heavy atom. The first kappa shape index (κ1) is 21.2. The van der Waals surface area contributed by atoms with E-state index < -0.39 is 18.0 Å². The van der Waals surface area contributed by atoms with Gasteiger partial charge in [0, 0.05) is 37.1 Å². The van der Waals surface area contributed by atoms with E-state index in [2.05, 4.69) is 15.8 Å². The third-order valence-electron chi connectivity index (χ3n) is 6.40. The van der Waals surface area contributed by atoms with Crippen LogP contribution in [0.3, 0.4) is 0 Å². The van der Waals surface area contributed by atoms with Gasteiger partial charge in [-0.3, -0.25) is 19.7 Å². The topological polar surface area (TPSA) is 131 Å². The van der Waals surface area contributed by atoms with Crippen LogP contribution < -0.4 is 10.6 Å². The van der Waals surface area contributed by atoms with E-state index in [0.29, 0.717) is 24.2 Å². The van der Waals surface area contributed by atoms with Gasteiger partial charge in [0.2, 0.25) is 11.8 Å². The van der Waals surface area contributed by atoms with Crippen molar-refractivity contribution >= 4 is 23.8 Å². The number of nitrogens with zero attached hydrogens (tertiary/aromatic N) is 2. The molecule has 172 valence electrons. The SMILES string of the molecule is O=C1CCC(N2Cc3ccc(CNC(=O)OCc4noc5c4CCCC5)cc3C2=O)C(=O)N1. The zero-order chi connectivity index (χ0) is 22.9. The Bertz CT molecular complexity index is 1140. The minimum atomic E-state index is -0.651. The highest BCUT2D eigenvalue weighted by Crippen LogP contribution is 2.28. The van der Waals surface area contributed by atoms with Crippen LogP contribution in [0.5, 0.6) is 0 Å². The van der Waals surface area contributed by atoms with E-state index in [0.717, 1.165) is 48.1 Å². The Balaban J connectivity index is 1.16. The summed E-state index contributed by atoms with van der Waals surface area (Å²) in [6.07, 6.45) is 3.86. The average molecular weight is 452 g/mol. The molecule has 0 spiro atoms. The van der Waals surface area contributed by atoms with Gasteiger partial charge in [-0.1, -0.05) is 17.3 Å². The van der Waals surface area contributed by atoms with Crippen LogP contribution >= 0.6 is 0 Å². The number of hydrogen-bond acceptors (Lipinski definition) is 7. The molecule has 1 atom stereocenters. The van der Waals surface area contributed by atoms with Crippen LogP contribution in [0.25, 0.3) is 0 Å². The highest BCUT2D eigenvalue weighted by atomic mass is 16.6. The van der Waals surface area contributed by atoms with Crippen LogP contribution in [0.1, 0.15) is 64.2 Å². The van der Waals surface area contributed by atoms with Gasteiger partial charge >= 0.3 is 6.09 Å². The number of ether oxygens (including phenoxy) is 1. The third kappa shape index (κ3) is 4.20. The first-order valence-electron chi connectivity index (χ1n) is 11.1. The summed E-state index contributed by atoms with van der Waals surface area (Å²) in [6, 6.07) is 4.72. The summed E-state index contributed by atoms with van der Waals surface area (Å²) in [5.74, 6) is -0.122. The molecule has 1 saturated heterocycles. The number of aryl methyl sites for hydroxylation is 1. The molecule has 0 bridgehead atoms. The molecule has 3 aliphatic rings. The third-order valence-corrected chi connectivity index (χ3v) is 6.40. The van der Waals surface area contributed by atoms with Crippen molar-refractivity contribution in [1.29, 1.82) is 0 Å². The van der Waals surface area contributed by atoms with E-state index in [1.807, 2.05) is 12.1 Å². The number of amides is 4. The lowest BCUT2D eigenvalue weighted by Gasteiger charge is -2.29.